The van der Waals surface area contributed by atoms with E-state index in [0.717, 1.165) is 18.7 Å². The number of amides is 1. The number of nitrogens with zero attached hydrogens (tertiary/aromatic N) is 2. The number of carbonyl (C=O) groups excluding carboxylic acids is 1. The van der Waals surface area contributed by atoms with Crippen molar-refractivity contribution in [1.29, 1.82) is 0 Å². The third kappa shape index (κ3) is 3.40. The molecule has 2 N–H and O–H groups in total. The Morgan fingerprint density at radius 1 is 1.52 bits per heavy atom. The second-order valence-corrected chi connectivity index (χ2v) is 5.81. The summed E-state index contributed by atoms with van der Waals surface area (Å²) >= 11 is 1.54. The SMILES string of the molecule is N[C@@H]1CCN(C(=O)c2cccc(OCc3cscn3)c2)C1. The van der Waals surface area contributed by atoms with E-state index < -0.39 is 0 Å². The summed E-state index contributed by atoms with van der Waals surface area (Å²) < 4.78 is 5.67. The maximum Gasteiger partial charge on any atom is 0.254 e. The predicted molar refractivity (Wildman–Crippen MR) is 81.4 cm³/mol. The van der Waals surface area contributed by atoms with E-state index in [0.29, 0.717) is 24.5 Å². The van der Waals surface area contributed by atoms with Crippen molar-refractivity contribution in [1.82, 2.24) is 9.88 Å². The highest BCUT2D eigenvalue weighted by molar-refractivity contribution is 7.07. The second-order valence-electron chi connectivity index (χ2n) is 5.10. The lowest BCUT2D eigenvalue weighted by Gasteiger charge is -2.16. The van der Waals surface area contributed by atoms with Gasteiger partial charge in [0.15, 0.2) is 0 Å². The highest BCUT2D eigenvalue weighted by Crippen LogP contribution is 2.18. The van der Waals surface area contributed by atoms with Crippen LogP contribution in [0.15, 0.2) is 35.2 Å². The van der Waals surface area contributed by atoms with Gasteiger partial charge in [0.25, 0.3) is 5.91 Å². The molecule has 0 radical (unpaired) electrons. The lowest BCUT2D eigenvalue weighted by atomic mass is 10.2. The largest absolute Gasteiger partial charge is 0.487 e. The molecule has 0 unspecified atom stereocenters. The zero-order chi connectivity index (χ0) is 14.7. The quantitative estimate of drug-likeness (QED) is 0.936. The Hall–Kier alpha value is -1.92. The molecule has 110 valence electrons. The molecule has 2 aromatic rings. The Kier molecular flexibility index (Phi) is 4.17. The van der Waals surface area contributed by atoms with Crippen LogP contribution in [0, 0.1) is 0 Å². The van der Waals surface area contributed by atoms with Crippen molar-refractivity contribution in [3.63, 3.8) is 0 Å². The van der Waals surface area contributed by atoms with Crippen LogP contribution < -0.4 is 10.5 Å². The molecular weight excluding hydrogens is 286 g/mol. The van der Waals surface area contributed by atoms with Crippen LogP contribution in [-0.2, 0) is 6.61 Å². The minimum atomic E-state index is 0.0158. The maximum atomic E-state index is 12.4. The van der Waals surface area contributed by atoms with Gasteiger partial charge >= 0.3 is 0 Å². The van der Waals surface area contributed by atoms with Crippen molar-refractivity contribution in [2.45, 2.75) is 19.1 Å². The summed E-state index contributed by atoms with van der Waals surface area (Å²) in [6.07, 6.45) is 0.867. The van der Waals surface area contributed by atoms with Crippen LogP contribution in [0.5, 0.6) is 5.75 Å². The standard InChI is InChI=1S/C15H17N3O2S/c16-12-4-5-18(7-12)15(19)11-2-1-3-14(6-11)20-8-13-9-21-10-17-13/h1-3,6,9-10,12H,4-5,7-8,16H2/t12-/m1/s1. The summed E-state index contributed by atoms with van der Waals surface area (Å²) in [6.45, 7) is 1.77. The molecule has 1 aromatic heterocycles. The Morgan fingerprint density at radius 2 is 2.43 bits per heavy atom. The van der Waals surface area contributed by atoms with Gasteiger partial charge in [0.2, 0.25) is 0 Å². The van der Waals surface area contributed by atoms with E-state index in [1.54, 1.807) is 16.5 Å². The first kappa shape index (κ1) is 14.0. The lowest BCUT2D eigenvalue weighted by molar-refractivity contribution is 0.0790. The third-order valence-corrected chi connectivity index (χ3v) is 4.10. The van der Waals surface area contributed by atoms with E-state index in [4.69, 9.17) is 10.5 Å². The van der Waals surface area contributed by atoms with Crippen LogP contribution in [0.1, 0.15) is 22.5 Å². The van der Waals surface area contributed by atoms with Gasteiger partial charge in [-0.2, -0.15) is 0 Å². The van der Waals surface area contributed by atoms with E-state index in [2.05, 4.69) is 4.98 Å². The molecule has 3 rings (SSSR count). The first-order valence-corrected chi connectivity index (χ1v) is 7.81. The third-order valence-electron chi connectivity index (χ3n) is 3.46. The number of rotatable bonds is 4. The molecule has 1 aliphatic rings. The topological polar surface area (TPSA) is 68.5 Å². The van der Waals surface area contributed by atoms with Gasteiger partial charge in [0.1, 0.15) is 12.4 Å². The number of ether oxygens (including phenoxy) is 1. The van der Waals surface area contributed by atoms with Crippen molar-refractivity contribution in [3.05, 3.63) is 46.4 Å². The summed E-state index contributed by atoms with van der Waals surface area (Å²) in [7, 11) is 0. The Morgan fingerprint density at radius 3 is 3.14 bits per heavy atom. The number of aromatic nitrogens is 1. The summed E-state index contributed by atoms with van der Waals surface area (Å²) in [6, 6.07) is 7.36. The molecule has 5 nitrogen and oxygen atoms in total. The van der Waals surface area contributed by atoms with Crippen molar-refractivity contribution >= 4 is 17.2 Å². The number of likely N-dealkylation sites (tertiary alicyclic amines) is 1. The molecule has 21 heavy (non-hydrogen) atoms. The number of hydrogen-bond acceptors (Lipinski definition) is 5. The zero-order valence-electron chi connectivity index (χ0n) is 11.6. The van der Waals surface area contributed by atoms with E-state index in [9.17, 15) is 4.79 Å². The minimum Gasteiger partial charge on any atom is -0.487 e. The molecule has 1 fully saturated rings. The first-order chi connectivity index (χ1) is 10.2. The first-order valence-electron chi connectivity index (χ1n) is 6.87. The average Bonchev–Trinajstić information content (AvgIpc) is 3.16. The van der Waals surface area contributed by atoms with Gasteiger partial charge in [-0.25, -0.2) is 4.98 Å². The molecule has 0 spiro atoms. The number of hydrogen-bond donors (Lipinski definition) is 1. The Bertz CT molecular complexity index is 615. The van der Waals surface area contributed by atoms with Crippen LogP contribution in [0.2, 0.25) is 0 Å². The normalized spacial score (nSPS) is 18.0. The molecular formula is C15H17N3O2S. The van der Waals surface area contributed by atoms with Crippen LogP contribution in [0.4, 0.5) is 0 Å². The van der Waals surface area contributed by atoms with Gasteiger partial charge in [-0.15, -0.1) is 11.3 Å². The van der Waals surface area contributed by atoms with Crippen LogP contribution in [0.3, 0.4) is 0 Å². The monoisotopic (exact) mass is 303 g/mol. The number of carbonyl (C=O) groups is 1. The lowest BCUT2D eigenvalue weighted by Crippen LogP contribution is -2.31. The summed E-state index contributed by atoms with van der Waals surface area (Å²) in [4.78, 5) is 18.3. The molecule has 2 heterocycles. The number of benzene rings is 1. The fourth-order valence-electron chi connectivity index (χ4n) is 2.34. The van der Waals surface area contributed by atoms with Crippen LogP contribution in [0.25, 0.3) is 0 Å². The Labute approximate surface area is 127 Å². The van der Waals surface area contributed by atoms with E-state index >= 15 is 0 Å². The molecule has 0 saturated carbocycles. The smallest absolute Gasteiger partial charge is 0.254 e. The van der Waals surface area contributed by atoms with Gasteiger partial charge in [0.05, 0.1) is 11.2 Å². The van der Waals surface area contributed by atoms with Gasteiger partial charge in [-0.1, -0.05) is 6.07 Å². The fraction of sp³-hybridized carbons (Fsp3) is 0.333. The second kappa shape index (κ2) is 6.24. The predicted octanol–water partition coefficient (Wildman–Crippen LogP) is 1.90. The van der Waals surface area contributed by atoms with E-state index in [1.807, 2.05) is 23.6 Å². The van der Waals surface area contributed by atoms with Gasteiger partial charge in [-0.3, -0.25) is 4.79 Å². The fourth-order valence-corrected chi connectivity index (χ4v) is 2.88. The molecule has 1 amide bonds. The Balaban J connectivity index is 1.66. The van der Waals surface area contributed by atoms with Crippen molar-refractivity contribution in [2.75, 3.05) is 13.1 Å². The molecule has 1 saturated heterocycles. The average molecular weight is 303 g/mol. The minimum absolute atomic E-state index is 0.0158. The summed E-state index contributed by atoms with van der Waals surface area (Å²) in [5.41, 5.74) is 9.15. The highest BCUT2D eigenvalue weighted by Gasteiger charge is 2.24. The van der Waals surface area contributed by atoms with Crippen molar-refractivity contribution in [2.24, 2.45) is 5.73 Å². The van der Waals surface area contributed by atoms with E-state index in [-0.39, 0.29) is 11.9 Å². The molecule has 0 bridgehead atoms. The summed E-state index contributed by atoms with van der Waals surface area (Å²) in [5, 5.41) is 1.95. The highest BCUT2D eigenvalue weighted by atomic mass is 32.1. The van der Waals surface area contributed by atoms with Gasteiger partial charge < -0.3 is 15.4 Å². The van der Waals surface area contributed by atoms with Gasteiger partial charge in [-0.05, 0) is 24.6 Å². The molecule has 1 atom stereocenters. The van der Waals surface area contributed by atoms with Crippen molar-refractivity contribution < 1.29 is 9.53 Å². The number of thiazole rings is 1. The molecule has 0 aliphatic carbocycles. The van der Waals surface area contributed by atoms with Crippen LogP contribution >= 0.6 is 11.3 Å². The van der Waals surface area contributed by atoms with Gasteiger partial charge in [0, 0.05) is 30.1 Å². The van der Waals surface area contributed by atoms with Crippen molar-refractivity contribution in [3.8, 4) is 5.75 Å². The van der Waals surface area contributed by atoms with E-state index in [1.165, 1.54) is 11.3 Å². The maximum absolute atomic E-state index is 12.4. The number of nitrogens with two attached hydrogens (primary N) is 1. The zero-order valence-corrected chi connectivity index (χ0v) is 12.4. The molecule has 6 heteroatoms. The summed E-state index contributed by atoms with van der Waals surface area (Å²) in [5.74, 6) is 0.694. The molecule has 1 aliphatic heterocycles. The molecule has 1 aromatic carbocycles. The van der Waals surface area contributed by atoms with Crippen LogP contribution in [-0.4, -0.2) is 34.9 Å².